The number of rotatable bonds is 4. The van der Waals surface area contributed by atoms with Crippen molar-refractivity contribution in [1.29, 1.82) is 0 Å². The van der Waals surface area contributed by atoms with Gasteiger partial charge in [-0.2, -0.15) is 0 Å². The number of likely N-dealkylation sites (tertiary alicyclic amines) is 2. The van der Waals surface area contributed by atoms with Gasteiger partial charge >= 0.3 is 0 Å². The summed E-state index contributed by atoms with van der Waals surface area (Å²) in [6.07, 6.45) is 3.19. The molecular formula is C15H29N3O5S. The lowest BCUT2D eigenvalue weighted by atomic mass is 9.95. The molecule has 0 saturated carbocycles. The molecular weight excluding hydrogens is 334 g/mol. The number of carbonyl (C=O) groups excluding carboxylic acids is 2. The number of amides is 2. The minimum atomic E-state index is -3.69. The highest BCUT2D eigenvalue weighted by atomic mass is 32.2. The Morgan fingerprint density at radius 1 is 1.08 bits per heavy atom. The summed E-state index contributed by atoms with van der Waals surface area (Å²) in [5.74, 6) is -0.949. The second-order valence-electron chi connectivity index (χ2n) is 6.07. The number of carbonyl (C=O) groups is 2. The Morgan fingerprint density at radius 2 is 1.58 bits per heavy atom. The van der Waals surface area contributed by atoms with Crippen LogP contribution in [0.3, 0.4) is 0 Å². The number of piperidine rings is 1. The molecule has 0 atom stereocenters. The zero-order valence-electron chi connectivity index (χ0n) is 14.7. The highest BCUT2D eigenvalue weighted by molar-refractivity contribution is 7.92. The molecule has 140 valence electrons. The van der Waals surface area contributed by atoms with E-state index in [0.717, 1.165) is 32.2 Å². The average Bonchev–Trinajstić information content (AvgIpc) is 3.08. The fourth-order valence-corrected chi connectivity index (χ4v) is 4.52. The standard InChI is InChI=1S/C13H23N3O5S.C2H6/c1-22(20,21)13(12(18)14-19)4-8-16(9-5-13)11(17)10-15-6-2-3-7-15;1-2/h19H,2-10H2,1H3,(H,14,18);1-2H3. The Balaban J connectivity index is 0.00000139. The maximum absolute atomic E-state index is 12.2. The molecule has 2 saturated heterocycles. The summed E-state index contributed by atoms with van der Waals surface area (Å²) in [4.78, 5) is 27.8. The first-order valence-corrected chi connectivity index (χ1v) is 10.3. The van der Waals surface area contributed by atoms with Crippen LogP contribution >= 0.6 is 0 Å². The first kappa shape index (κ1) is 20.9. The second kappa shape index (κ2) is 8.77. The summed E-state index contributed by atoms with van der Waals surface area (Å²) in [6.45, 7) is 6.58. The SMILES string of the molecule is CC.CS(=O)(=O)C1(C(=O)NO)CCN(C(=O)CN2CCCC2)CC1. The van der Waals surface area contributed by atoms with E-state index in [9.17, 15) is 18.0 Å². The summed E-state index contributed by atoms with van der Waals surface area (Å²) in [5.41, 5.74) is 1.46. The Hall–Kier alpha value is -1.19. The maximum Gasteiger partial charge on any atom is 0.264 e. The van der Waals surface area contributed by atoms with E-state index in [1.54, 1.807) is 4.90 Å². The first-order chi connectivity index (χ1) is 11.3. The minimum absolute atomic E-state index is 0.00394. The summed E-state index contributed by atoms with van der Waals surface area (Å²) in [7, 11) is -3.69. The monoisotopic (exact) mass is 363 g/mol. The quantitative estimate of drug-likeness (QED) is 0.539. The van der Waals surface area contributed by atoms with E-state index < -0.39 is 20.5 Å². The fourth-order valence-electron chi connectivity index (χ4n) is 3.22. The van der Waals surface area contributed by atoms with Crippen LogP contribution in [0.15, 0.2) is 0 Å². The van der Waals surface area contributed by atoms with Gasteiger partial charge in [0.15, 0.2) is 14.6 Å². The van der Waals surface area contributed by atoms with E-state index >= 15 is 0 Å². The van der Waals surface area contributed by atoms with Crippen LogP contribution < -0.4 is 5.48 Å². The van der Waals surface area contributed by atoms with Crippen molar-refractivity contribution in [3.05, 3.63) is 0 Å². The van der Waals surface area contributed by atoms with Crippen LogP contribution in [0.25, 0.3) is 0 Å². The molecule has 0 unspecified atom stereocenters. The van der Waals surface area contributed by atoms with Gasteiger partial charge in [-0.05, 0) is 38.8 Å². The number of nitrogens with zero attached hydrogens (tertiary/aromatic N) is 2. The molecule has 0 aromatic heterocycles. The zero-order valence-corrected chi connectivity index (χ0v) is 15.6. The molecule has 2 aliphatic heterocycles. The van der Waals surface area contributed by atoms with Crippen molar-refractivity contribution in [3.8, 4) is 0 Å². The van der Waals surface area contributed by atoms with E-state index in [1.165, 1.54) is 5.48 Å². The molecule has 0 bridgehead atoms. The molecule has 0 radical (unpaired) electrons. The first-order valence-electron chi connectivity index (χ1n) is 8.44. The van der Waals surface area contributed by atoms with Crippen molar-refractivity contribution in [3.63, 3.8) is 0 Å². The van der Waals surface area contributed by atoms with E-state index in [-0.39, 0.29) is 31.8 Å². The third-order valence-corrected chi connectivity index (χ3v) is 6.72. The Labute approximate surface area is 144 Å². The Bertz CT molecular complexity index is 535. The minimum Gasteiger partial charge on any atom is -0.341 e. The molecule has 24 heavy (non-hydrogen) atoms. The third-order valence-electron chi connectivity index (χ3n) is 4.71. The molecule has 2 N–H and O–H groups in total. The van der Waals surface area contributed by atoms with Gasteiger partial charge in [-0.25, -0.2) is 13.9 Å². The molecule has 2 aliphatic rings. The highest BCUT2D eigenvalue weighted by Crippen LogP contribution is 2.30. The van der Waals surface area contributed by atoms with Crippen LogP contribution in [-0.4, -0.2) is 79.0 Å². The number of hydrogen-bond donors (Lipinski definition) is 2. The second-order valence-corrected chi connectivity index (χ2v) is 8.40. The van der Waals surface area contributed by atoms with Crippen molar-refractivity contribution in [2.75, 3.05) is 39.0 Å². The van der Waals surface area contributed by atoms with E-state index in [2.05, 4.69) is 4.90 Å². The van der Waals surface area contributed by atoms with Gasteiger partial charge in [-0.3, -0.25) is 19.7 Å². The van der Waals surface area contributed by atoms with Crippen LogP contribution in [0.5, 0.6) is 0 Å². The molecule has 0 aromatic rings. The van der Waals surface area contributed by atoms with Crippen LogP contribution in [0.2, 0.25) is 0 Å². The van der Waals surface area contributed by atoms with Gasteiger partial charge in [0.2, 0.25) is 5.91 Å². The van der Waals surface area contributed by atoms with Crippen molar-refractivity contribution >= 4 is 21.7 Å². The lowest BCUT2D eigenvalue weighted by molar-refractivity contribution is -0.138. The van der Waals surface area contributed by atoms with Gasteiger partial charge in [0.1, 0.15) is 0 Å². The molecule has 9 heteroatoms. The Morgan fingerprint density at radius 3 is 2.00 bits per heavy atom. The molecule has 2 fully saturated rings. The van der Waals surface area contributed by atoms with Crippen molar-refractivity contribution < 1.29 is 23.2 Å². The van der Waals surface area contributed by atoms with E-state index in [0.29, 0.717) is 6.54 Å². The number of hydroxylamine groups is 1. The van der Waals surface area contributed by atoms with Crippen molar-refractivity contribution in [2.45, 2.75) is 44.3 Å². The highest BCUT2D eigenvalue weighted by Gasteiger charge is 2.50. The van der Waals surface area contributed by atoms with Gasteiger partial charge in [0.05, 0.1) is 6.54 Å². The van der Waals surface area contributed by atoms with Crippen molar-refractivity contribution in [1.82, 2.24) is 15.3 Å². The molecule has 2 amide bonds. The molecule has 8 nitrogen and oxygen atoms in total. The van der Waals surface area contributed by atoms with Gasteiger partial charge in [0, 0.05) is 19.3 Å². The molecule has 0 aliphatic carbocycles. The molecule has 0 aromatic carbocycles. The smallest absolute Gasteiger partial charge is 0.264 e. The van der Waals surface area contributed by atoms with Crippen LogP contribution in [-0.2, 0) is 19.4 Å². The summed E-state index contributed by atoms with van der Waals surface area (Å²) < 4.78 is 22.3. The van der Waals surface area contributed by atoms with Crippen LogP contribution in [0, 0.1) is 0 Å². The number of sulfone groups is 1. The number of hydrogen-bond acceptors (Lipinski definition) is 6. The predicted octanol–water partition coefficient (Wildman–Crippen LogP) is 0.0196. The van der Waals surface area contributed by atoms with Gasteiger partial charge < -0.3 is 4.90 Å². The van der Waals surface area contributed by atoms with Crippen LogP contribution in [0.4, 0.5) is 0 Å². The normalized spacial score (nSPS) is 20.9. The lowest BCUT2D eigenvalue weighted by Gasteiger charge is -2.39. The van der Waals surface area contributed by atoms with Crippen LogP contribution in [0.1, 0.15) is 39.5 Å². The average molecular weight is 363 g/mol. The summed E-state index contributed by atoms with van der Waals surface area (Å²) >= 11 is 0. The molecule has 0 spiro atoms. The molecule has 2 rings (SSSR count). The Kier molecular flexibility index (Phi) is 7.62. The van der Waals surface area contributed by atoms with Gasteiger partial charge in [-0.15, -0.1) is 0 Å². The third kappa shape index (κ3) is 4.46. The maximum atomic E-state index is 12.2. The van der Waals surface area contributed by atoms with Gasteiger partial charge in [-0.1, -0.05) is 13.8 Å². The van der Waals surface area contributed by atoms with Crippen molar-refractivity contribution in [2.24, 2.45) is 0 Å². The summed E-state index contributed by atoms with van der Waals surface area (Å²) in [5, 5.41) is 8.83. The fraction of sp³-hybridized carbons (Fsp3) is 0.867. The molecule has 2 heterocycles. The van der Waals surface area contributed by atoms with E-state index in [1.807, 2.05) is 13.8 Å². The van der Waals surface area contributed by atoms with Gasteiger partial charge in [0.25, 0.3) is 5.91 Å². The van der Waals surface area contributed by atoms with E-state index in [4.69, 9.17) is 5.21 Å². The lowest BCUT2D eigenvalue weighted by Crippen LogP contribution is -2.58. The predicted molar refractivity (Wildman–Crippen MR) is 90.3 cm³/mol. The summed E-state index contributed by atoms with van der Waals surface area (Å²) in [6, 6.07) is 0. The topological polar surface area (TPSA) is 107 Å². The largest absolute Gasteiger partial charge is 0.341 e. The number of nitrogens with one attached hydrogen (secondary N) is 1. The zero-order chi connectivity index (χ0) is 18.4.